The number of rotatable bonds is 3. The van der Waals surface area contributed by atoms with Crippen molar-refractivity contribution in [3.05, 3.63) is 23.8 Å². The summed E-state index contributed by atoms with van der Waals surface area (Å²) in [6.07, 6.45) is 1.81. The quantitative estimate of drug-likeness (QED) is 0.737. The normalized spacial score (nSPS) is 18.0. The van der Waals surface area contributed by atoms with Crippen molar-refractivity contribution >= 4 is 5.91 Å². The summed E-state index contributed by atoms with van der Waals surface area (Å²) in [5.74, 6) is 0.462. The predicted octanol–water partition coefficient (Wildman–Crippen LogP) is 1.76. The molecule has 3 N–H and O–H groups in total. The van der Waals surface area contributed by atoms with Crippen molar-refractivity contribution in [2.75, 3.05) is 13.1 Å². The Kier molecular flexibility index (Phi) is 4.49. The second-order valence-corrected chi connectivity index (χ2v) is 5.41. The molecule has 1 heterocycles. The number of nitrogens with one attached hydrogen (secondary N) is 1. The molecule has 1 aromatic carbocycles. The average molecular weight is 278 g/mol. The molecule has 5 heteroatoms. The summed E-state index contributed by atoms with van der Waals surface area (Å²) < 4.78 is 0. The minimum Gasteiger partial charge on any atom is -0.508 e. The molecule has 1 unspecified atom stereocenters. The Labute approximate surface area is 119 Å². The Bertz CT molecular complexity index is 482. The van der Waals surface area contributed by atoms with E-state index in [0.717, 1.165) is 25.9 Å². The highest BCUT2D eigenvalue weighted by Crippen LogP contribution is 2.28. The van der Waals surface area contributed by atoms with E-state index in [4.69, 9.17) is 0 Å². The van der Waals surface area contributed by atoms with Crippen molar-refractivity contribution in [3.8, 4) is 11.5 Å². The van der Waals surface area contributed by atoms with Crippen LogP contribution in [0.4, 0.5) is 0 Å². The lowest BCUT2D eigenvalue weighted by atomic mass is 10.0. The maximum atomic E-state index is 11.3. The van der Waals surface area contributed by atoms with Gasteiger partial charge in [0.25, 0.3) is 0 Å². The van der Waals surface area contributed by atoms with Gasteiger partial charge in [-0.3, -0.25) is 4.79 Å². The van der Waals surface area contributed by atoms with Crippen LogP contribution < -0.4 is 5.32 Å². The summed E-state index contributed by atoms with van der Waals surface area (Å²) >= 11 is 0. The summed E-state index contributed by atoms with van der Waals surface area (Å²) in [4.78, 5) is 13.1. The van der Waals surface area contributed by atoms with Gasteiger partial charge in [0.1, 0.15) is 11.5 Å². The van der Waals surface area contributed by atoms with Crippen molar-refractivity contribution in [2.24, 2.45) is 0 Å². The molecule has 1 saturated heterocycles. The number of piperidine rings is 1. The molecule has 0 aromatic heterocycles. The fourth-order valence-corrected chi connectivity index (χ4v) is 2.69. The Balaban J connectivity index is 1.94. The third kappa shape index (κ3) is 3.42. The molecule has 2 rings (SSSR count). The third-order valence-electron chi connectivity index (χ3n) is 3.90. The molecular formula is C15H22N2O3. The lowest BCUT2D eigenvalue weighted by Crippen LogP contribution is -2.44. The van der Waals surface area contributed by atoms with Crippen LogP contribution in [0.3, 0.4) is 0 Å². The van der Waals surface area contributed by atoms with E-state index in [-0.39, 0.29) is 23.4 Å². The molecule has 1 fully saturated rings. The highest BCUT2D eigenvalue weighted by Gasteiger charge is 2.22. The number of likely N-dealkylation sites (tertiary alicyclic amines) is 1. The summed E-state index contributed by atoms with van der Waals surface area (Å²) in [6, 6.07) is 4.83. The molecule has 0 aliphatic carbocycles. The van der Waals surface area contributed by atoms with Crippen molar-refractivity contribution < 1.29 is 15.0 Å². The molecule has 5 nitrogen and oxygen atoms in total. The SMILES string of the molecule is CC(=O)N1CCC(NC(C)c2cc(O)ccc2O)CC1. The highest BCUT2D eigenvalue weighted by atomic mass is 16.3. The summed E-state index contributed by atoms with van der Waals surface area (Å²) in [7, 11) is 0. The van der Waals surface area contributed by atoms with Gasteiger partial charge in [-0.2, -0.15) is 0 Å². The molecule has 0 saturated carbocycles. The van der Waals surface area contributed by atoms with Crippen LogP contribution in [0.1, 0.15) is 38.3 Å². The lowest BCUT2D eigenvalue weighted by molar-refractivity contribution is -0.129. The van der Waals surface area contributed by atoms with Gasteiger partial charge in [-0.15, -0.1) is 0 Å². The molecular weight excluding hydrogens is 256 g/mol. The van der Waals surface area contributed by atoms with Crippen LogP contribution in [0.2, 0.25) is 0 Å². The summed E-state index contributed by atoms with van der Waals surface area (Å²) in [5.41, 5.74) is 0.694. The number of hydrogen-bond acceptors (Lipinski definition) is 4. The van der Waals surface area contributed by atoms with Crippen LogP contribution in [0.5, 0.6) is 11.5 Å². The van der Waals surface area contributed by atoms with Gasteiger partial charge in [0, 0.05) is 37.7 Å². The molecule has 1 aliphatic rings. The maximum absolute atomic E-state index is 11.3. The van der Waals surface area contributed by atoms with E-state index >= 15 is 0 Å². The van der Waals surface area contributed by atoms with Crippen molar-refractivity contribution in [3.63, 3.8) is 0 Å². The first-order valence-corrected chi connectivity index (χ1v) is 7.01. The second-order valence-electron chi connectivity index (χ2n) is 5.41. The number of benzene rings is 1. The first kappa shape index (κ1) is 14.7. The molecule has 1 aromatic rings. The average Bonchev–Trinajstić information content (AvgIpc) is 2.42. The topological polar surface area (TPSA) is 72.8 Å². The van der Waals surface area contributed by atoms with E-state index in [9.17, 15) is 15.0 Å². The number of hydrogen-bond donors (Lipinski definition) is 3. The van der Waals surface area contributed by atoms with Gasteiger partial charge in [-0.25, -0.2) is 0 Å². The van der Waals surface area contributed by atoms with Gasteiger partial charge in [0.05, 0.1) is 0 Å². The first-order valence-electron chi connectivity index (χ1n) is 7.01. The molecule has 20 heavy (non-hydrogen) atoms. The van der Waals surface area contributed by atoms with Crippen LogP contribution in [-0.2, 0) is 4.79 Å². The number of nitrogens with zero attached hydrogens (tertiary/aromatic N) is 1. The Morgan fingerprint density at radius 2 is 2.00 bits per heavy atom. The minimum atomic E-state index is -0.0454. The van der Waals surface area contributed by atoms with Crippen molar-refractivity contribution in [1.82, 2.24) is 10.2 Å². The smallest absolute Gasteiger partial charge is 0.219 e. The molecule has 1 aliphatic heterocycles. The predicted molar refractivity (Wildman–Crippen MR) is 76.6 cm³/mol. The zero-order chi connectivity index (χ0) is 14.7. The van der Waals surface area contributed by atoms with E-state index in [1.54, 1.807) is 13.0 Å². The van der Waals surface area contributed by atoms with E-state index in [2.05, 4.69) is 5.32 Å². The first-order chi connectivity index (χ1) is 9.47. The van der Waals surface area contributed by atoms with Crippen LogP contribution >= 0.6 is 0 Å². The van der Waals surface area contributed by atoms with E-state index in [1.165, 1.54) is 12.1 Å². The molecule has 0 bridgehead atoms. The van der Waals surface area contributed by atoms with Crippen LogP contribution in [0, 0.1) is 0 Å². The number of phenols is 2. The largest absolute Gasteiger partial charge is 0.508 e. The minimum absolute atomic E-state index is 0.0454. The van der Waals surface area contributed by atoms with Crippen LogP contribution in [0.15, 0.2) is 18.2 Å². The summed E-state index contributed by atoms with van der Waals surface area (Å²) in [5, 5.41) is 22.8. The zero-order valence-corrected chi connectivity index (χ0v) is 12.0. The molecule has 0 spiro atoms. The van der Waals surface area contributed by atoms with Gasteiger partial charge in [-0.1, -0.05) is 0 Å². The van der Waals surface area contributed by atoms with Crippen LogP contribution in [0.25, 0.3) is 0 Å². The third-order valence-corrected chi connectivity index (χ3v) is 3.90. The van der Waals surface area contributed by atoms with E-state index in [1.807, 2.05) is 11.8 Å². The summed E-state index contributed by atoms with van der Waals surface area (Å²) in [6.45, 7) is 5.10. The number of carbonyl (C=O) groups is 1. The number of phenolic OH excluding ortho intramolecular Hbond substituents is 2. The molecule has 0 radical (unpaired) electrons. The Morgan fingerprint density at radius 1 is 1.35 bits per heavy atom. The lowest BCUT2D eigenvalue weighted by Gasteiger charge is -2.33. The van der Waals surface area contributed by atoms with Crippen molar-refractivity contribution in [1.29, 1.82) is 0 Å². The standard InChI is InChI=1S/C15H22N2O3/c1-10(14-9-13(19)3-4-15(14)20)16-12-5-7-17(8-6-12)11(2)18/h3-4,9-10,12,16,19-20H,5-8H2,1-2H3. The Morgan fingerprint density at radius 3 is 2.60 bits per heavy atom. The number of carbonyl (C=O) groups excluding carboxylic acids is 1. The van der Waals surface area contributed by atoms with E-state index in [0.29, 0.717) is 11.6 Å². The van der Waals surface area contributed by atoms with Gasteiger partial charge < -0.3 is 20.4 Å². The zero-order valence-electron chi connectivity index (χ0n) is 12.0. The molecule has 110 valence electrons. The van der Waals surface area contributed by atoms with E-state index < -0.39 is 0 Å². The molecule has 1 atom stereocenters. The van der Waals surface area contributed by atoms with Gasteiger partial charge in [0.2, 0.25) is 5.91 Å². The van der Waals surface area contributed by atoms with Crippen LogP contribution in [-0.4, -0.2) is 40.2 Å². The number of amides is 1. The fraction of sp³-hybridized carbons (Fsp3) is 0.533. The van der Waals surface area contributed by atoms with Gasteiger partial charge in [-0.05, 0) is 38.0 Å². The van der Waals surface area contributed by atoms with Crippen molar-refractivity contribution in [2.45, 2.75) is 38.8 Å². The Hall–Kier alpha value is -1.75. The van der Waals surface area contributed by atoms with Gasteiger partial charge >= 0.3 is 0 Å². The molecule has 1 amide bonds. The number of aromatic hydroxyl groups is 2. The van der Waals surface area contributed by atoms with Gasteiger partial charge in [0.15, 0.2) is 0 Å². The monoisotopic (exact) mass is 278 g/mol. The highest BCUT2D eigenvalue weighted by molar-refractivity contribution is 5.73. The second kappa shape index (κ2) is 6.13. The maximum Gasteiger partial charge on any atom is 0.219 e. The fourth-order valence-electron chi connectivity index (χ4n) is 2.69.